The van der Waals surface area contributed by atoms with Crippen LogP contribution >= 0.6 is 11.3 Å². The van der Waals surface area contributed by atoms with E-state index in [0.717, 1.165) is 18.5 Å². The van der Waals surface area contributed by atoms with Crippen LogP contribution in [-0.2, 0) is 20.7 Å². The number of benzene rings is 1. The van der Waals surface area contributed by atoms with Crippen molar-refractivity contribution in [2.24, 2.45) is 5.92 Å². The molecule has 28 heavy (non-hydrogen) atoms. The zero-order valence-electron chi connectivity index (χ0n) is 16.6. The summed E-state index contributed by atoms with van der Waals surface area (Å²) in [5.41, 5.74) is 2.31. The van der Waals surface area contributed by atoms with Crippen molar-refractivity contribution in [2.75, 3.05) is 39.9 Å². The third kappa shape index (κ3) is 5.00. The van der Waals surface area contributed by atoms with Crippen LogP contribution in [0.3, 0.4) is 0 Å². The van der Waals surface area contributed by atoms with Gasteiger partial charge in [-0.25, -0.2) is 0 Å². The van der Waals surface area contributed by atoms with Crippen LogP contribution in [-0.4, -0.2) is 61.5 Å². The second kappa shape index (κ2) is 9.85. The van der Waals surface area contributed by atoms with Gasteiger partial charge in [0.2, 0.25) is 11.8 Å². The Kier molecular flexibility index (Phi) is 7.23. The highest BCUT2D eigenvalue weighted by Crippen LogP contribution is 2.26. The van der Waals surface area contributed by atoms with Crippen molar-refractivity contribution in [2.45, 2.75) is 19.8 Å². The number of carbonyl (C=O) groups excluding carboxylic acids is 2. The highest BCUT2D eigenvalue weighted by Gasteiger charge is 2.31. The summed E-state index contributed by atoms with van der Waals surface area (Å²) in [5, 5.41) is 2.07. The van der Waals surface area contributed by atoms with Crippen LogP contribution in [0.25, 0.3) is 10.4 Å². The number of hydrogen-bond acceptors (Lipinski definition) is 4. The quantitative estimate of drug-likeness (QED) is 0.717. The molecule has 0 N–H and O–H groups in total. The molecule has 1 fully saturated rings. The largest absolute Gasteiger partial charge is 0.375 e. The number of nitrogens with zero attached hydrogens (tertiary/aromatic N) is 2. The zero-order chi connectivity index (χ0) is 19.9. The molecule has 2 heterocycles. The van der Waals surface area contributed by atoms with Crippen molar-refractivity contribution in [1.82, 2.24) is 9.80 Å². The molecule has 1 aliphatic heterocycles. The number of carbonyl (C=O) groups is 2. The van der Waals surface area contributed by atoms with E-state index >= 15 is 0 Å². The number of thiophene rings is 1. The minimum atomic E-state index is -0.220. The molecule has 0 radical (unpaired) electrons. The SMILES string of the molecule is CCCN1CCN(C(=O)COC)CC(Cc2ccc(-c3cccs3)cc2)C1=O. The lowest BCUT2D eigenvalue weighted by Gasteiger charge is -2.24. The van der Waals surface area contributed by atoms with E-state index in [4.69, 9.17) is 4.74 Å². The molecule has 2 amide bonds. The van der Waals surface area contributed by atoms with Crippen LogP contribution < -0.4 is 0 Å². The lowest BCUT2D eigenvalue weighted by molar-refractivity contribution is -0.136. The summed E-state index contributed by atoms with van der Waals surface area (Å²) in [7, 11) is 1.52. The molecule has 1 aliphatic rings. The van der Waals surface area contributed by atoms with Gasteiger partial charge >= 0.3 is 0 Å². The third-order valence-electron chi connectivity index (χ3n) is 5.10. The molecule has 6 heteroatoms. The van der Waals surface area contributed by atoms with E-state index in [0.29, 0.717) is 26.1 Å². The molecule has 1 saturated heterocycles. The Balaban J connectivity index is 1.75. The average Bonchev–Trinajstić information content (AvgIpc) is 3.19. The fraction of sp³-hybridized carbons (Fsp3) is 0.455. The predicted molar refractivity (Wildman–Crippen MR) is 112 cm³/mol. The van der Waals surface area contributed by atoms with Crippen LogP contribution in [0.1, 0.15) is 18.9 Å². The highest BCUT2D eigenvalue weighted by molar-refractivity contribution is 7.13. The first kappa shape index (κ1) is 20.6. The molecule has 0 spiro atoms. The fourth-order valence-electron chi connectivity index (χ4n) is 3.66. The topological polar surface area (TPSA) is 49.9 Å². The van der Waals surface area contributed by atoms with Gasteiger partial charge in [-0.05, 0) is 35.4 Å². The molecular weight excluding hydrogens is 372 g/mol. The summed E-state index contributed by atoms with van der Waals surface area (Å²) in [6.45, 7) is 4.49. The molecule has 1 aromatic heterocycles. The predicted octanol–water partition coefficient (Wildman–Crippen LogP) is 3.30. The van der Waals surface area contributed by atoms with Gasteiger partial charge in [-0.3, -0.25) is 9.59 Å². The molecule has 1 atom stereocenters. The molecule has 150 valence electrons. The normalized spacial score (nSPS) is 17.6. The summed E-state index contributed by atoms with van der Waals surface area (Å²) >= 11 is 1.72. The average molecular weight is 401 g/mol. The monoisotopic (exact) mass is 400 g/mol. The first-order valence-electron chi connectivity index (χ1n) is 9.80. The van der Waals surface area contributed by atoms with Crippen molar-refractivity contribution in [3.05, 3.63) is 47.3 Å². The minimum Gasteiger partial charge on any atom is -0.375 e. The van der Waals surface area contributed by atoms with Crippen LogP contribution in [0.15, 0.2) is 41.8 Å². The van der Waals surface area contributed by atoms with Gasteiger partial charge in [-0.1, -0.05) is 37.3 Å². The van der Waals surface area contributed by atoms with Crippen LogP contribution in [0.2, 0.25) is 0 Å². The van der Waals surface area contributed by atoms with Crippen LogP contribution in [0, 0.1) is 5.92 Å². The molecule has 3 rings (SSSR count). The Morgan fingerprint density at radius 3 is 2.64 bits per heavy atom. The van der Waals surface area contributed by atoms with E-state index in [1.165, 1.54) is 17.6 Å². The Labute approximate surface area is 170 Å². The summed E-state index contributed by atoms with van der Waals surface area (Å²) < 4.78 is 5.01. The van der Waals surface area contributed by atoms with E-state index in [-0.39, 0.29) is 24.3 Å². The summed E-state index contributed by atoms with van der Waals surface area (Å²) in [4.78, 5) is 30.4. The van der Waals surface area contributed by atoms with Gasteiger partial charge in [0.05, 0.1) is 5.92 Å². The number of ether oxygens (including phenoxy) is 1. The smallest absolute Gasteiger partial charge is 0.248 e. The second-order valence-electron chi connectivity index (χ2n) is 7.17. The first-order chi connectivity index (χ1) is 13.6. The summed E-state index contributed by atoms with van der Waals surface area (Å²) in [6.07, 6.45) is 1.56. The minimum absolute atomic E-state index is 0.0494. The van der Waals surface area contributed by atoms with Gasteiger partial charge in [0.15, 0.2) is 0 Å². The van der Waals surface area contributed by atoms with Gasteiger partial charge in [0, 0.05) is 38.2 Å². The van der Waals surface area contributed by atoms with Crippen molar-refractivity contribution in [1.29, 1.82) is 0 Å². The van der Waals surface area contributed by atoms with E-state index in [1.54, 1.807) is 16.2 Å². The maximum absolute atomic E-state index is 13.1. The molecule has 0 saturated carbocycles. The van der Waals surface area contributed by atoms with Gasteiger partial charge in [0.25, 0.3) is 0 Å². The molecule has 2 aromatic rings. The Hall–Kier alpha value is -2.18. The lowest BCUT2D eigenvalue weighted by Crippen LogP contribution is -2.39. The molecule has 5 nitrogen and oxygen atoms in total. The molecule has 0 bridgehead atoms. The fourth-order valence-corrected chi connectivity index (χ4v) is 4.40. The molecular formula is C22H28N2O3S. The van der Waals surface area contributed by atoms with Gasteiger partial charge in [0.1, 0.15) is 6.61 Å². The number of methoxy groups -OCH3 is 1. The maximum atomic E-state index is 13.1. The van der Waals surface area contributed by atoms with Crippen LogP contribution in [0.5, 0.6) is 0 Å². The summed E-state index contributed by atoms with van der Waals surface area (Å²) in [5.74, 6) is -0.119. The molecule has 1 aromatic carbocycles. The molecule has 1 unspecified atom stereocenters. The van der Waals surface area contributed by atoms with Crippen molar-refractivity contribution < 1.29 is 14.3 Å². The number of amides is 2. The first-order valence-corrected chi connectivity index (χ1v) is 10.7. The lowest BCUT2D eigenvalue weighted by atomic mass is 9.96. The van der Waals surface area contributed by atoms with Gasteiger partial charge in [-0.15, -0.1) is 11.3 Å². The Morgan fingerprint density at radius 2 is 2.00 bits per heavy atom. The molecule has 0 aliphatic carbocycles. The van der Waals surface area contributed by atoms with E-state index in [9.17, 15) is 9.59 Å². The Bertz CT molecular complexity index is 774. The second-order valence-corrected chi connectivity index (χ2v) is 8.12. The number of hydrogen-bond donors (Lipinski definition) is 0. The zero-order valence-corrected chi connectivity index (χ0v) is 17.4. The van der Waals surface area contributed by atoms with Crippen molar-refractivity contribution >= 4 is 23.2 Å². The third-order valence-corrected chi connectivity index (χ3v) is 6.02. The number of rotatable bonds is 7. The van der Waals surface area contributed by atoms with Crippen molar-refractivity contribution in [3.8, 4) is 10.4 Å². The van der Waals surface area contributed by atoms with Crippen molar-refractivity contribution in [3.63, 3.8) is 0 Å². The highest BCUT2D eigenvalue weighted by atomic mass is 32.1. The summed E-state index contributed by atoms with van der Waals surface area (Å²) in [6, 6.07) is 12.6. The van der Waals surface area contributed by atoms with E-state index in [2.05, 4.69) is 42.6 Å². The standard InChI is InChI=1S/C22H28N2O3S/c1-3-10-23-11-12-24(21(25)16-27-2)15-19(22(23)26)14-17-6-8-18(9-7-17)20-5-4-13-28-20/h4-9,13,19H,3,10-12,14-16H2,1-2H3. The van der Waals surface area contributed by atoms with Gasteiger partial charge < -0.3 is 14.5 Å². The van der Waals surface area contributed by atoms with Gasteiger partial charge in [-0.2, -0.15) is 0 Å². The Morgan fingerprint density at radius 1 is 1.21 bits per heavy atom. The van der Waals surface area contributed by atoms with E-state index < -0.39 is 0 Å². The van der Waals surface area contributed by atoms with Crippen LogP contribution in [0.4, 0.5) is 0 Å². The van der Waals surface area contributed by atoms with E-state index in [1.807, 2.05) is 11.0 Å². The maximum Gasteiger partial charge on any atom is 0.248 e.